The Bertz CT molecular complexity index is 604. The van der Waals surface area contributed by atoms with Crippen LogP contribution in [0.3, 0.4) is 0 Å². The first-order chi connectivity index (χ1) is 10.7. The maximum Gasteiger partial charge on any atom is 0.251 e. The van der Waals surface area contributed by atoms with E-state index in [1.54, 1.807) is 6.20 Å². The van der Waals surface area contributed by atoms with E-state index in [4.69, 9.17) is 0 Å². The summed E-state index contributed by atoms with van der Waals surface area (Å²) in [5, 5.41) is 7.36. The molecule has 1 heterocycles. The molecular weight excluding hydrogens is 274 g/mol. The number of carbonyl (C=O) groups is 1. The lowest BCUT2D eigenvalue weighted by molar-refractivity contribution is 0.0921. The minimum Gasteiger partial charge on any atom is -0.349 e. The van der Waals surface area contributed by atoms with Gasteiger partial charge in [-0.15, -0.1) is 0 Å². The molecule has 1 N–H and O–H groups in total. The van der Waals surface area contributed by atoms with Gasteiger partial charge in [0, 0.05) is 24.0 Å². The first-order valence-corrected chi connectivity index (χ1v) is 8.08. The molecule has 116 valence electrons. The van der Waals surface area contributed by atoms with E-state index in [0.29, 0.717) is 6.04 Å². The molecule has 1 aromatic heterocycles. The van der Waals surface area contributed by atoms with Crippen molar-refractivity contribution < 1.29 is 4.79 Å². The van der Waals surface area contributed by atoms with E-state index in [9.17, 15) is 4.79 Å². The van der Waals surface area contributed by atoms with Gasteiger partial charge in [-0.1, -0.05) is 31.9 Å². The molecule has 0 saturated heterocycles. The summed E-state index contributed by atoms with van der Waals surface area (Å²) in [6, 6.07) is 10.0. The molecule has 1 fully saturated rings. The Morgan fingerprint density at radius 2 is 2.14 bits per heavy atom. The lowest BCUT2D eigenvalue weighted by atomic mass is 9.87. The number of hydrogen-bond acceptors (Lipinski definition) is 2. The van der Waals surface area contributed by atoms with Crippen LogP contribution in [0.15, 0.2) is 42.7 Å². The molecule has 0 bridgehead atoms. The SMILES string of the molecule is CC1CCCC(NC(=O)c2ccc(Cn3cccn3)cc2)C1. The summed E-state index contributed by atoms with van der Waals surface area (Å²) < 4.78 is 1.87. The Hall–Kier alpha value is -2.10. The summed E-state index contributed by atoms with van der Waals surface area (Å²) in [7, 11) is 0. The zero-order chi connectivity index (χ0) is 15.4. The second-order valence-corrected chi connectivity index (χ2v) is 6.34. The van der Waals surface area contributed by atoms with Crippen molar-refractivity contribution in [2.75, 3.05) is 0 Å². The molecule has 2 unspecified atom stereocenters. The van der Waals surface area contributed by atoms with Crippen LogP contribution in [0.25, 0.3) is 0 Å². The largest absolute Gasteiger partial charge is 0.349 e. The van der Waals surface area contributed by atoms with Gasteiger partial charge < -0.3 is 5.32 Å². The number of nitrogens with zero attached hydrogens (tertiary/aromatic N) is 2. The van der Waals surface area contributed by atoms with Crippen LogP contribution in [0.2, 0.25) is 0 Å². The standard InChI is InChI=1S/C18H23N3O/c1-14-4-2-5-17(12-14)20-18(22)16-8-6-15(7-9-16)13-21-11-3-10-19-21/h3,6-11,14,17H,2,4-5,12-13H2,1H3,(H,20,22). The molecular formula is C18H23N3O. The fourth-order valence-corrected chi connectivity index (χ4v) is 3.18. The van der Waals surface area contributed by atoms with Gasteiger partial charge in [0.25, 0.3) is 5.91 Å². The van der Waals surface area contributed by atoms with Crippen LogP contribution < -0.4 is 5.32 Å². The molecule has 4 heteroatoms. The number of hydrogen-bond donors (Lipinski definition) is 1. The van der Waals surface area contributed by atoms with Gasteiger partial charge in [-0.3, -0.25) is 9.48 Å². The molecule has 1 saturated carbocycles. The van der Waals surface area contributed by atoms with Crippen molar-refractivity contribution in [1.29, 1.82) is 0 Å². The molecule has 1 aliphatic carbocycles. The molecule has 0 aliphatic heterocycles. The summed E-state index contributed by atoms with van der Waals surface area (Å²) in [6.07, 6.45) is 8.41. The fourth-order valence-electron chi connectivity index (χ4n) is 3.18. The predicted molar refractivity (Wildman–Crippen MR) is 86.7 cm³/mol. The number of rotatable bonds is 4. The van der Waals surface area contributed by atoms with E-state index in [0.717, 1.165) is 36.4 Å². The number of aromatic nitrogens is 2. The Balaban J connectivity index is 1.58. The summed E-state index contributed by atoms with van der Waals surface area (Å²) in [4.78, 5) is 12.3. The van der Waals surface area contributed by atoms with Crippen LogP contribution in [0.4, 0.5) is 0 Å². The van der Waals surface area contributed by atoms with Crippen LogP contribution >= 0.6 is 0 Å². The minimum atomic E-state index is 0.0461. The van der Waals surface area contributed by atoms with E-state index < -0.39 is 0 Å². The number of amides is 1. The van der Waals surface area contributed by atoms with Crippen molar-refractivity contribution in [1.82, 2.24) is 15.1 Å². The molecule has 1 aliphatic rings. The van der Waals surface area contributed by atoms with Gasteiger partial charge in [-0.25, -0.2) is 0 Å². The van der Waals surface area contributed by atoms with Gasteiger partial charge in [0.15, 0.2) is 0 Å². The second kappa shape index (κ2) is 6.77. The summed E-state index contributed by atoms with van der Waals surface area (Å²) in [5.74, 6) is 0.764. The molecule has 0 radical (unpaired) electrons. The van der Waals surface area contributed by atoms with Crippen molar-refractivity contribution in [3.05, 3.63) is 53.9 Å². The number of benzene rings is 1. The van der Waals surface area contributed by atoms with Crippen molar-refractivity contribution in [3.63, 3.8) is 0 Å². The highest BCUT2D eigenvalue weighted by molar-refractivity contribution is 5.94. The molecule has 1 amide bonds. The first kappa shape index (κ1) is 14.8. The Morgan fingerprint density at radius 1 is 1.32 bits per heavy atom. The van der Waals surface area contributed by atoms with E-state index in [2.05, 4.69) is 17.3 Å². The zero-order valence-corrected chi connectivity index (χ0v) is 13.0. The highest BCUT2D eigenvalue weighted by atomic mass is 16.1. The summed E-state index contributed by atoms with van der Waals surface area (Å²) in [6.45, 7) is 3.00. The third kappa shape index (κ3) is 3.75. The van der Waals surface area contributed by atoms with Gasteiger partial charge in [-0.2, -0.15) is 5.10 Å². The van der Waals surface area contributed by atoms with Crippen LogP contribution in [-0.2, 0) is 6.54 Å². The van der Waals surface area contributed by atoms with Gasteiger partial charge in [0.1, 0.15) is 0 Å². The maximum absolute atomic E-state index is 12.3. The van der Waals surface area contributed by atoms with Crippen molar-refractivity contribution in [2.45, 2.75) is 45.2 Å². The topological polar surface area (TPSA) is 46.9 Å². The van der Waals surface area contributed by atoms with Crippen LogP contribution in [0, 0.1) is 5.92 Å². The predicted octanol–water partition coefficient (Wildman–Crippen LogP) is 3.24. The Kier molecular flexibility index (Phi) is 4.56. The van der Waals surface area contributed by atoms with Crippen molar-refractivity contribution in [3.8, 4) is 0 Å². The third-order valence-electron chi connectivity index (χ3n) is 4.39. The van der Waals surface area contributed by atoms with Gasteiger partial charge in [0.2, 0.25) is 0 Å². The highest BCUT2D eigenvalue weighted by Crippen LogP contribution is 2.23. The van der Waals surface area contributed by atoms with Crippen LogP contribution in [-0.4, -0.2) is 21.7 Å². The Morgan fingerprint density at radius 3 is 2.82 bits per heavy atom. The quantitative estimate of drug-likeness (QED) is 0.941. The Labute approximate surface area is 131 Å². The smallest absolute Gasteiger partial charge is 0.251 e. The first-order valence-electron chi connectivity index (χ1n) is 8.08. The monoisotopic (exact) mass is 297 g/mol. The summed E-state index contributed by atoms with van der Waals surface area (Å²) >= 11 is 0. The van der Waals surface area contributed by atoms with Gasteiger partial charge >= 0.3 is 0 Å². The van der Waals surface area contributed by atoms with E-state index in [1.807, 2.05) is 41.2 Å². The molecule has 22 heavy (non-hydrogen) atoms. The number of carbonyl (C=O) groups excluding carboxylic acids is 1. The summed E-state index contributed by atoms with van der Waals surface area (Å²) in [5.41, 5.74) is 1.88. The van der Waals surface area contributed by atoms with Crippen molar-refractivity contribution in [2.24, 2.45) is 5.92 Å². The molecule has 2 aromatic rings. The average Bonchev–Trinajstić information content (AvgIpc) is 3.01. The molecule has 2 atom stereocenters. The molecule has 1 aromatic carbocycles. The fraction of sp³-hybridized carbons (Fsp3) is 0.444. The molecule has 0 spiro atoms. The molecule has 4 nitrogen and oxygen atoms in total. The lowest BCUT2D eigenvalue weighted by Gasteiger charge is -2.27. The maximum atomic E-state index is 12.3. The third-order valence-corrected chi connectivity index (χ3v) is 4.39. The second-order valence-electron chi connectivity index (χ2n) is 6.34. The van der Waals surface area contributed by atoms with Crippen LogP contribution in [0.5, 0.6) is 0 Å². The van der Waals surface area contributed by atoms with E-state index in [-0.39, 0.29) is 5.91 Å². The van der Waals surface area contributed by atoms with E-state index >= 15 is 0 Å². The number of nitrogens with one attached hydrogen (secondary N) is 1. The van der Waals surface area contributed by atoms with Crippen molar-refractivity contribution >= 4 is 5.91 Å². The zero-order valence-electron chi connectivity index (χ0n) is 13.0. The van der Waals surface area contributed by atoms with E-state index in [1.165, 1.54) is 12.8 Å². The molecule has 3 rings (SSSR count). The highest BCUT2D eigenvalue weighted by Gasteiger charge is 2.20. The lowest BCUT2D eigenvalue weighted by Crippen LogP contribution is -2.37. The van der Waals surface area contributed by atoms with Crippen LogP contribution in [0.1, 0.15) is 48.5 Å². The minimum absolute atomic E-state index is 0.0461. The van der Waals surface area contributed by atoms with Gasteiger partial charge in [-0.05, 0) is 42.5 Å². The normalized spacial score (nSPS) is 21.5. The average molecular weight is 297 g/mol. The van der Waals surface area contributed by atoms with Gasteiger partial charge in [0.05, 0.1) is 6.54 Å².